The van der Waals surface area contributed by atoms with Crippen molar-refractivity contribution >= 4 is 15.7 Å². The Morgan fingerprint density at radius 2 is 1.75 bits per heavy atom. The van der Waals surface area contributed by atoms with E-state index in [0.29, 0.717) is 34.5 Å². The predicted octanol–water partition coefficient (Wildman–Crippen LogP) is 4.15. The van der Waals surface area contributed by atoms with Crippen LogP contribution in [0.2, 0.25) is 0 Å². The number of nitrogens with one attached hydrogen (secondary N) is 1. The quantitative estimate of drug-likeness (QED) is 0.451. The summed E-state index contributed by atoms with van der Waals surface area (Å²) in [5.74, 6) is 2.11. The van der Waals surface area contributed by atoms with Gasteiger partial charge in [0.05, 0.1) is 5.75 Å². The summed E-state index contributed by atoms with van der Waals surface area (Å²) in [5, 5.41) is 0. The fourth-order valence-corrected chi connectivity index (χ4v) is 4.25. The van der Waals surface area contributed by atoms with E-state index in [9.17, 15) is 12.8 Å². The lowest BCUT2D eigenvalue weighted by molar-refractivity contribution is 0.459. The molecule has 2 heterocycles. The Morgan fingerprint density at radius 1 is 1.03 bits per heavy atom. The van der Waals surface area contributed by atoms with Crippen LogP contribution in [0.25, 0.3) is 5.82 Å². The van der Waals surface area contributed by atoms with Gasteiger partial charge in [0.2, 0.25) is 15.9 Å². The molecule has 0 amide bonds. The van der Waals surface area contributed by atoms with Gasteiger partial charge in [-0.05, 0) is 55.8 Å². The van der Waals surface area contributed by atoms with Crippen molar-refractivity contribution in [1.82, 2.24) is 19.5 Å². The van der Waals surface area contributed by atoms with E-state index < -0.39 is 15.8 Å². The van der Waals surface area contributed by atoms with Gasteiger partial charge in [0.25, 0.3) is 0 Å². The monoisotopic (exact) mass is 453 g/mol. The second-order valence-electron chi connectivity index (χ2n) is 7.07. The van der Waals surface area contributed by atoms with Crippen LogP contribution in [0.3, 0.4) is 0 Å². The van der Waals surface area contributed by atoms with Crippen molar-refractivity contribution in [3.63, 3.8) is 0 Å². The molecule has 4 rings (SSSR count). The van der Waals surface area contributed by atoms with Crippen molar-refractivity contribution in [3.05, 3.63) is 90.0 Å². The van der Waals surface area contributed by atoms with Crippen LogP contribution in [0.5, 0.6) is 11.6 Å². The van der Waals surface area contributed by atoms with Crippen molar-refractivity contribution in [2.75, 3.05) is 4.72 Å². The van der Waals surface area contributed by atoms with E-state index in [4.69, 9.17) is 4.74 Å². The molecule has 0 saturated carbocycles. The maximum absolute atomic E-state index is 13.0. The number of ether oxygens (including phenoxy) is 1. The fourth-order valence-electron chi connectivity index (χ4n) is 3.05. The highest BCUT2D eigenvalue weighted by atomic mass is 32.2. The second kappa shape index (κ2) is 8.75. The first-order valence-corrected chi connectivity index (χ1v) is 11.3. The normalized spacial score (nSPS) is 11.3. The maximum Gasteiger partial charge on any atom is 0.236 e. The molecule has 0 aliphatic rings. The zero-order chi connectivity index (χ0) is 22.7. The molecule has 32 heavy (non-hydrogen) atoms. The number of benzene rings is 2. The molecule has 0 radical (unpaired) electrons. The van der Waals surface area contributed by atoms with E-state index in [2.05, 4.69) is 19.7 Å². The summed E-state index contributed by atoms with van der Waals surface area (Å²) in [6.07, 6.45) is 3.48. The molecular formula is C22H20FN5O3S. The Kier molecular flexibility index (Phi) is 5.87. The van der Waals surface area contributed by atoms with Crippen LogP contribution in [-0.2, 0) is 15.8 Å². The molecule has 2 aromatic heterocycles. The van der Waals surface area contributed by atoms with Gasteiger partial charge in [-0.3, -0.25) is 9.29 Å². The molecule has 0 fully saturated rings. The summed E-state index contributed by atoms with van der Waals surface area (Å²) in [6.45, 7) is 3.63. The highest BCUT2D eigenvalue weighted by Gasteiger charge is 2.13. The van der Waals surface area contributed by atoms with E-state index in [-0.39, 0.29) is 5.75 Å². The maximum atomic E-state index is 13.0. The van der Waals surface area contributed by atoms with E-state index in [1.807, 2.05) is 11.5 Å². The molecule has 4 aromatic rings. The van der Waals surface area contributed by atoms with Gasteiger partial charge in [0, 0.05) is 24.1 Å². The minimum atomic E-state index is -3.66. The van der Waals surface area contributed by atoms with Gasteiger partial charge >= 0.3 is 0 Å². The van der Waals surface area contributed by atoms with Crippen LogP contribution in [0.15, 0.2) is 67.0 Å². The summed E-state index contributed by atoms with van der Waals surface area (Å²) < 4.78 is 47.9. The van der Waals surface area contributed by atoms with Crippen molar-refractivity contribution < 1.29 is 17.5 Å². The molecule has 1 N–H and O–H groups in total. The first-order chi connectivity index (χ1) is 15.3. The van der Waals surface area contributed by atoms with Crippen LogP contribution in [0.4, 0.5) is 10.1 Å². The SMILES string of the molecule is Cc1nc(Oc2ccc(NS(=O)(=O)Cc3ccc(F)cc3)cc2)cc(-n2ccnc2C)n1. The summed E-state index contributed by atoms with van der Waals surface area (Å²) in [4.78, 5) is 12.9. The number of rotatable bonds is 7. The van der Waals surface area contributed by atoms with Crippen molar-refractivity contribution in [3.8, 4) is 17.4 Å². The van der Waals surface area contributed by atoms with Gasteiger partial charge in [-0.1, -0.05) is 12.1 Å². The Balaban J connectivity index is 1.45. The Bertz CT molecular complexity index is 1340. The number of hydrogen-bond donors (Lipinski definition) is 1. The minimum Gasteiger partial charge on any atom is -0.439 e. The van der Waals surface area contributed by atoms with Gasteiger partial charge in [-0.15, -0.1) is 0 Å². The smallest absolute Gasteiger partial charge is 0.236 e. The highest BCUT2D eigenvalue weighted by Crippen LogP contribution is 2.24. The predicted molar refractivity (Wildman–Crippen MR) is 118 cm³/mol. The lowest BCUT2D eigenvalue weighted by atomic mass is 10.2. The molecule has 164 valence electrons. The van der Waals surface area contributed by atoms with E-state index in [0.717, 1.165) is 5.82 Å². The third-order valence-electron chi connectivity index (χ3n) is 4.49. The molecule has 0 aliphatic heterocycles. The first-order valence-electron chi connectivity index (χ1n) is 9.66. The number of sulfonamides is 1. The topological polar surface area (TPSA) is 99.0 Å². The van der Waals surface area contributed by atoms with E-state index in [1.165, 1.54) is 24.3 Å². The zero-order valence-electron chi connectivity index (χ0n) is 17.4. The lowest BCUT2D eigenvalue weighted by Crippen LogP contribution is -2.15. The molecule has 2 aromatic carbocycles. The summed E-state index contributed by atoms with van der Waals surface area (Å²) in [7, 11) is -3.66. The number of anilines is 1. The Hall–Kier alpha value is -3.79. The molecule has 8 nitrogen and oxygen atoms in total. The number of halogens is 1. The van der Waals surface area contributed by atoms with Gasteiger partial charge in [-0.25, -0.2) is 22.8 Å². The zero-order valence-corrected chi connectivity index (χ0v) is 18.2. The first kappa shape index (κ1) is 21.4. The van der Waals surface area contributed by atoms with Gasteiger partial charge in [-0.2, -0.15) is 4.98 Å². The van der Waals surface area contributed by atoms with E-state index in [1.54, 1.807) is 49.6 Å². The summed E-state index contributed by atoms with van der Waals surface area (Å²) in [5.41, 5.74) is 0.870. The van der Waals surface area contributed by atoms with Crippen LogP contribution in [-0.4, -0.2) is 27.9 Å². The van der Waals surface area contributed by atoms with Gasteiger partial charge < -0.3 is 4.74 Å². The van der Waals surface area contributed by atoms with E-state index >= 15 is 0 Å². The van der Waals surface area contributed by atoms with Crippen molar-refractivity contribution in [2.24, 2.45) is 0 Å². The number of hydrogen-bond acceptors (Lipinski definition) is 6. The van der Waals surface area contributed by atoms with Crippen molar-refractivity contribution in [1.29, 1.82) is 0 Å². The van der Waals surface area contributed by atoms with Crippen LogP contribution < -0.4 is 9.46 Å². The van der Waals surface area contributed by atoms with Crippen molar-refractivity contribution in [2.45, 2.75) is 19.6 Å². The van der Waals surface area contributed by atoms with Crippen LogP contribution >= 0.6 is 0 Å². The van der Waals surface area contributed by atoms with Crippen LogP contribution in [0.1, 0.15) is 17.2 Å². The molecule has 0 aliphatic carbocycles. The largest absolute Gasteiger partial charge is 0.439 e. The highest BCUT2D eigenvalue weighted by molar-refractivity contribution is 7.91. The van der Waals surface area contributed by atoms with Gasteiger partial charge in [0.1, 0.15) is 29.0 Å². The molecule has 0 unspecified atom stereocenters. The molecule has 0 spiro atoms. The molecule has 0 atom stereocenters. The number of aromatic nitrogens is 4. The Labute approximate surface area is 184 Å². The third kappa shape index (κ3) is 5.27. The number of aryl methyl sites for hydroxylation is 2. The Morgan fingerprint density at radius 3 is 2.41 bits per heavy atom. The number of imidazole rings is 1. The third-order valence-corrected chi connectivity index (χ3v) is 5.75. The average Bonchev–Trinajstić information content (AvgIpc) is 3.16. The summed E-state index contributed by atoms with van der Waals surface area (Å²) >= 11 is 0. The molecular weight excluding hydrogens is 433 g/mol. The molecule has 0 bridgehead atoms. The number of nitrogens with zero attached hydrogens (tertiary/aromatic N) is 4. The fraction of sp³-hybridized carbons (Fsp3) is 0.136. The molecule has 0 saturated heterocycles. The lowest BCUT2D eigenvalue weighted by Gasteiger charge is -2.11. The van der Waals surface area contributed by atoms with Crippen LogP contribution in [0, 0.1) is 19.7 Å². The second-order valence-corrected chi connectivity index (χ2v) is 8.79. The van der Waals surface area contributed by atoms with Gasteiger partial charge in [0.15, 0.2) is 0 Å². The summed E-state index contributed by atoms with van der Waals surface area (Å²) in [6, 6.07) is 13.5. The average molecular weight is 453 g/mol. The minimum absolute atomic E-state index is 0.262. The molecule has 10 heteroatoms. The standard InChI is InChI=1S/C22H20FN5O3S/c1-15-25-21(28-12-11-24-16(28)2)13-22(26-15)31-20-9-7-19(8-10-20)27-32(29,30)14-17-3-5-18(23)6-4-17/h3-13,27H,14H2,1-2H3.